The maximum atomic E-state index is 13.1. The molecule has 0 aliphatic heterocycles. The number of hydrogen-bond acceptors (Lipinski definition) is 5. The molecule has 1 heterocycles. The van der Waals surface area contributed by atoms with Crippen molar-refractivity contribution in [2.75, 3.05) is 7.11 Å². The lowest BCUT2D eigenvalue weighted by Crippen LogP contribution is -2.25. The molecule has 0 saturated carbocycles. The molecule has 0 radical (unpaired) electrons. The average molecular weight is 378 g/mol. The number of pyridine rings is 1. The number of nitrogens with zero attached hydrogens (tertiary/aromatic N) is 1. The maximum absolute atomic E-state index is 13.1. The molecule has 134 valence electrons. The highest BCUT2D eigenvalue weighted by Crippen LogP contribution is 2.33. The first-order chi connectivity index (χ1) is 12.3. The van der Waals surface area contributed by atoms with Gasteiger partial charge in [0.1, 0.15) is 23.1 Å². The third-order valence-corrected chi connectivity index (χ3v) is 4.15. The molecular weight excluding hydrogens is 365 g/mol. The first kappa shape index (κ1) is 17.8. The molecule has 1 aromatic heterocycles. The number of carbonyl (C=O) groups excluding carboxylic acids is 1. The van der Waals surface area contributed by atoms with E-state index in [4.69, 9.17) is 16.3 Å². The van der Waals surface area contributed by atoms with Gasteiger partial charge in [0.15, 0.2) is 5.56 Å². The van der Waals surface area contributed by atoms with Gasteiger partial charge < -0.3 is 19.1 Å². The van der Waals surface area contributed by atoms with Gasteiger partial charge in [0, 0.05) is 18.5 Å². The number of esters is 1. The summed E-state index contributed by atoms with van der Waals surface area (Å²) in [4.78, 5) is 24.1. The molecule has 3 aromatic rings. The van der Waals surface area contributed by atoms with E-state index < -0.39 is 28.7 Å². The van der Waals surface area contributed by atoms with Crippen LogP contribution in [0.15, 0.2) is 41.2 Å². The molecule has 0 aliphatic rings. The van der Waals surface area contributed by atoms with Crippen LogP contribution in [0.3, 0.4) is 0 Å². The SMILES string of the molecule is COC(=O)c1c(O)c2ccc(Oc3ccc(F)cc3Cl)cc2n(C)c1=O. The summed E-state index contributed by atoms with van der Waals surface area (Å²) in [5.74, 6) is -1.35. The third-order valence-electron chi connectivity index (χ3n) is 3.85. The fraction of sp³-hybridized carbons (Fsp3) is 0.111. The Bertz CT molecular complexity index is 1090. The molecule has 0 atom stereocenters. The molecule has 0 amide bonds. The van der Waals surface area contributed by atoms with Gasteiger partial charge in [-0.15, -0.1) is 0 Å². The Kier molecular flexibility index (Phi) is 4.56. The zero-order valence-electron chi connectivity index (χ0n) is 13.7. The quantitative estimate of drug-likeness (QED) is 0.705. The van der Waals surface area contributed by atoms with Crippen molar-refractivity contribution in [1.29, 1.82) is 0 Å². The van der Waals surface area contributed by atoms with E-state index in [1.165, 1.54) is 41.9 Å². The van der Waals surface area contributed by atoms with Gasteiger partial charge in [0.05, 0.1) is 17.6 Å². The van der Waals surface area contributed by atoms with Gasteiger partial charge in [-0.2, -0.15) is 0 Å². The topological polar surface area (TPSA) is 77.8 Å². The predicted octanol–water partition coefficient (Wildman–Crippen LogP) is 3.62. The highest BCUT2D eigenvalue weighted by molar-refractivity contribution is 6.32. The second kappa shape index (κ2) is 6.68. The standard InChI is InChI=1S/C18H13ClFNO5/c1-21-13-8-10(26-14-6-3-9(20)7-12(14)19)4-5-11(13)16(22)15(17(21)23)18(24)25-2/h3-8,22H,1-2H3. The summed E-state index contributed by atoms with van der Waals surface area (Å²) < 4.78 is 24.5. The number of halogens is 2. The first-order valence-electron chi connectivity index (χ1n) is 7.40. The summed E-state index contributed by atoms with van der Waals surface area (Å²) in [5, 5.41) is 10.6. The Morgan fingerprint density at radius 3 is 2.62 bits per heavy atom. The number of aromatic nitrogens is 1. The fourth-order valence-electron chi connectivity index (χ4n) is 2.54. The summed E-state index contributed by atoms with van der Waals surface area (Å²) in [7, 11) is 2.57. The van der Waals surface area contributed by atoms with Crippen LogP contribution < -0.4 is 10.3 Å². The van der Waals surface area contributed by atoms with Gasteiger partial charge >= 0.3 is 5.97 Å². The van der Waals surface area contributed by atoms with Crippen LogP contribution in [0.25, 0.3) is 10.9 Å². The summed E-state index contributed by atoms with van der Waals surface area (Å²) in [6.07, 6.45) is 0. The minimum atomic E-state index is -0.927. The molecule has 0 spiro atoms. The number of aryl methyl sites for hydroxylation is 1. The lowest BCUT2D eigenvalue weighted by Gasteiger charge is -2.13. The third kappa shape index (κ3) is 2.97. The second-order valence-electron chi connectivity index (χ2n) is 5.44. The van der Waals surface area contributed by atoms with Crippen molar-refractivity contribution < 1.29 is 23.8 Å². The number of methoxy groups -OCH3 is 1. The van der Waals surface area contributed by atoms with Crippen molar-refractivity contribution in [2.45, 2.75) is 0 Å². The normalized spacial score (nSPS) is 10.8. The first-order valence-corrected chi connectivity index (χ1v) is 7.78. The Morgan fingerprint density at radius 2 is 1.96 bits per heavy atom. The van der Waals surface area contributed by atoms with Crippen molar-refractivity contribution in [1.82, 2.24) is 4.57 Å². The number of benzene rings is 2. The van der Waals surface area contributed by atoms with Crippen LogP contribution in [-0.2, 0) is 11.8 Å². The Morgan fingerprint density at radius 1 is 1.23 bits per heavy atom. The number of hydrogen-bond donors (Lipinski definition) is 1. The fourth-order valence-corrected chi connectivity index (χ4v) is 2.74. The molecule has 0 aliphatic carbocycles. The number of ether oxygens (including phenoxy) is 2. The zero-order valence-corrected chi connectivity index (χ0v) is 14.5. The number of fused-ring (bicyclic) bond motifs is 1. The van der Waals surface area contributed by atoms with Crippen LogP contribution in [-0.4, -0.2) is 22.8 Å². The van der Waals surface area contributed by atoms with Crippen LogP contribution in [0.4, 0.5) is 4.39 Å². The summed E-state index contributed by atoms with van der Waals surface area (Å²) in [5.41, 5.74) is -0.826. The number of aromatic hydroxyl groups is 1. The van der Waals surface area contributed by atoms with E-state index in [2.05, 4.69) is 4.74 Å². The molecule has 8 heteroatoms. The van der Waals surface area contributed by atoms with Crippen LogP contribution >= 0.6 is 11.6 Å². The van der Waals surface area contributed by atoms with Gasteiger partial charge in [0.25, 0.3) is 5.56 Å². The predicted molar refractivity (Wildman–Crippen MR) is 93.7 cm³/mol. The van der Waals surface area contributed by atoms with Crippen LogP contribution in [0.5, 0.6) is 17.2 Å². The van der Waals surface area contributed by atoms with Crippen molar-refractivity contribution in [3.63, 3.8) is 0 Å². The largest absolute Gasteiger partial charge is 0.506 e. The molecule has 0 bridgehead atoms. The molecule has 1 N–H and O–H groups in total. The summed E-state index contributed by atoms with van der Waals surface area (Å²) >= 11 is 5.94. The zero-order chi connectivity index (χ0) is 19.0. The van der Waals surface area contributed by atoms with E-state index in [1.807, 2.05) is 0 Å². The maximum Gasteiger partial charge on any atom is 0.347 e. The van der Waals surface area contributed by atoms with E-state index in [9.17, 15) is 19.1 Å². The van der Waals surface area contributed by atoms with Crippen molar-refractivity contribution in [2.24, 2.45) is 7.05 Å². The van der Waals surface area contributed by atoms with Crippen LogP contribution in [0.1, 0.15) is 10.4 Å². The van der Waals surface area contributed by atoms with Gasteiger partial charge in [-0.1, -0.05) is 11.6 Å². The van der Waals surface area contributed by atoms with E-state index in [-0.39, 0.29) is 16.2 Å². The smallest absolute Gasteiger partial charge is 0.347 e. The molecule has 0 fully saturated rings. The highest BCUT2D eigenvalue weighted by atomic mass is 35.5. The average Bonchev–Trinajstić information content (AvgIpc) is 2.62. The van der Waals surface area contributed by atoms with Crippen LogP contribution in [0, 0.1) is 5.82 Å². The molecule has 0 unspecified atom stereocenters. The van der Waals surface area contributed by atoms with E-state index in [0.29, 0.717) is 11.3 Å². The molecule has 26 heavy (non-hydrogen) atoms. The molecular formula is C18H13ClFNO5. The van der Waals surface area contributed by atoms with Crippen molar-refractivity contribution in [3.05, 3.63) is 63.2 Å². The minimum Gasteiger partial charge on any atom is -0.506 e. The Labute approximate surface area is 152 Å². The molecule has 6 nitrogen and oxygen atoms in total. The Balaban J connectivity index is 2.13. The lowest BCUT2D eigenvalue weighted by atomic mass is 10.1. The number of carbonyl (C=O) groups is 1. The van der Waals surface area contributed by atoms with E-state index in [1.54, 1.807) is 0 Å². The van der Waals surface area contributed by atoms with E-state index >= 15 is 0 Å². The monoisotopic (exact) mass is 377 g/mol. The van der Waals surface area contributed by atoms with Crippen molar-refractivity contribution in [3.8, 4) is 17.2 Å². The lowest BCUT2D eigenvalue weighted by molar-refractivity contribution is 0.0595. The second-order valence-corrected chi connectivity index (χ2v) is 5.84. The Hall–Kier alpha value is -3.06. The van der Waals surface area contributed by atoms with Gasteiger partial charge in [-0.3, -0.25) is 4.79 Å². The summed E-state index contributed by atoms with van der Waals surface area (Å²) in [6.45, 7) is 0. The molecule has 0 saturated heterocycles. The van der Waals surface area contributed by atoms with Gasteiger partial charge in [-0.25, -0.2) is 9.18 Å². The summed E-state index contributed by atoms with van der Waals surface area (Å²) in [6, 6.07) is 8.20. The van der Waals surface area contributed by atoms with Gasteiger partial charge in [0.2, 0.25) is 0 Å². The number of rotatable bonds is 3. The van der Waals surface area contributed by atoms with Crippen LogP contribution in [0.2, 0.25) is 5.02 Å². The molecule has 3 rings (SSSR count). The van der Waals surface area contributed by atoms with E-state index in [0.717, 1.165) is 13.2 Å². The molecule has 2 aromatic carbocycles. The minimum absolute atomic E-state index is 0.0860. The van der Waals surface area contributed by atoms with Crippen molar-refractivity contribution >= 4 is 28.5 Å². The van der Waals surface area contributed by atoms with Gasteiger partial charge in [-0.05, 0) is 30.3 Å². The highest BCUT2D eigenvalue weighted by Gasteiger charge is 2.22.